The first-order valence-corrected chi connectivity index (χ1v) is 9.36. The van der Waals surface area contributed by atoms with Crippen LogP contribution in [0.3, 0.4) is 0 Å². The van der Waals surface area contributed by atoms with Crippen molar-refractivity contribution in [2.75, 3.05) is 18.0 Å². The van der Waals surface area contributed by atoms with Crippen LogP contribution in [0, 0.1) is 0 Å². The Morgan fingerprint density at radius 3 is 2.52 bits per heavy atom. The van der Waals surface area contributed by atoms with Crippen LogP contribution in [0.1, 0.15) is 24.9 Å². The van der Waals surface area contributed by atoms with Gasteiger partial charge in [0.1, 0.15) is 5.75 Å². The van der Waals surface area contributed by atoms with E-state index in [1.165, 1.54) is 17.5 Å². The van der Waals surface area contributed by atoms with E-state index in [2.05, 4.69) is 0 Å². The molecule has 0 saturated heterocycles. The summed E-state index contributed by atoms with van der Waals surface area (Å²) < 4.78 is 37.7. The highest BCUT2D eigenvalue weighted by Crippen LogP contribution is 2.45. The first-order valence-electron chi connectivity index (χ1n) is 7.92. The van der Waals surface area contributed by atoms with E-state index in [-0.39, 0.29) is 11.3 Å². The zero-order chi connectivity index (χ0) is 18.0. The molecule has 0 bridgehead atoms. The lowest BCUT2D eigenvalue weighted by atomic mass is 10.0. The summed E-state index contributed by atoms with van der Waals surface area (Å²) in [5, 5.41) is 0. The van der Waals surface area contributed by atoms with Crippen LogP contribution in [0.25, 0.3) is 0 Å². The van der Waals surface area contributed by atoms with Crippen molar-refractivity contribution >= 4 is 21.7 Å². The minimum absolute atomic E-state index is 0.0762. The first-order chi connectivity index (χ1) is 12.0. The second kappa shape index (κ2) is 6.76. The minimum Gasteiger partial charge on any atom is -0.494 e. The summed E-state index contributed by atoms with van der Waals surface area (Å²) in [4.78, 5) is 12.1. The van der Waals surface area contributed by atoms with Gasteiger partial charge in [0.2, 0.25) is 0 Å². The average Bonchev–Trinajstić information content (AvgIpc) is 2.82. The molecular formula is C18H19NO5S. The van der Waals surface area contributed by atoms with E-state index in [0.717, 1.165) is 0 Å². The van der Waals surface area contributed by atoms with Crippen LogP contribution in [-0.4, -0.2) is 28.1 Å². The number of benzene rings is 2. The maximum Gasteiger partial charge on any atom is 0.307 e. The van der Waals surface area contributed by atoms with E-state index < -0.39 is 22.0 Å². The Kier molecular flexibility index (Phi) is 4.67. The van der Waals surface area contributed by atoms with Crippen molar-refractivity contribution in [3.05, 3.63) is 54.1 Å². The Bertz CT molecular complexity index is 880. The molecule has 1 heterocycles. The van der Waals surface area contributed by atoms with Gasteiger partial charge < -0.3 is 9.47 Å². The van der Waals surface area contributed by atoms with Gasteiger partial charge in [0.05, 0.1) is 36.8 Å². The number of rotatable bonds is 5. The average molecular weight is 361 g/mol. The van der Waals surface area contributed by atoms with Gasteiger partial charge in [-0.2, -0.15) is 0 Å². The Morgan fingerprint density at radius 2 is 1.88 bits per heavy atom. The number of carbonyl (C=O) groups is 1. The van der Waals surface area contributed by atoms with Gasteiger partial charge in [-0.15, -0.1) is 0 Å². The van der Waals surface area contributed by atoms with Gasteiger partial charge in [-0.25, -0.2) is 8.42 Å². The maximum absolute atomic E-state index is 13.1. The molecule has 7 heteroatoms. The Balaban J connectivity index is 2.15. The molecule has 0 N–H and O–H groups in total. The number of hydrogen-bond acceptors (Lipinski definition) is 5. The number of methoxy groups -OCH3 is 1. The van der Waals surface area contributed by atoms with Crippen LogP contribution in [0.5, 0.6) is 5.75 Å². The van der Waals surface area contributed by atoms with Crippen LogP contribution >= 0.6 is 0 Å². The molecule has 0 spiro atoms. The van der Waals surface area contributed by atoms with Crippen LogP contribution in [0.15, 0.2) is 53.4 Å². The molecule has 3 rings (SSSR count). The van der Waals surface area contributed by atoms with Crippen molar-refractivity contribution in [2.45, 2.75) is 24.3 Å². The van der Waals surface area contributed by atoms with E-state index in [0.29, 0.717) is 23.6 Å². The van der Waals surface area contributed by atoms with Gasteiger partial charge in [-0.3, -0.25) is 9.10 Å². The number of hydrogen-bond donors (Lipinski definition) is 0. The van der Waals surface area contributed by atoms with Gasteiger partial charge in [-0.1, -0.05) is 18.2 Å². The number of ether oxygens (including phenoxy) is 2. The Morgan fingerprint density at radius 1 is 1.16 bits per heavy atom. The zero-order valence-electron chi connectivity index (χ0n) is 14.0. The summed E-state index contributed by atoms with van der Waals surface area (Å²) in [6, 6.07) is 12.9. The predicted molar refractivity (Wildman–Crippen MR) is 93.1 cm³/mol. The third kappa shape index (κ3) is 3.07. The van der Waals surface area contributed by atoms with E-state index >= 15 is 0 Å². The SMILES string of the molecule is CCOc1ccc2c(c1)C(CC(=O)OC)N(c1ccccc1)S2(=O)=O. The largest absolute Gasteiger partial charge is 0.494 e. The third-order valence-corrected chi connectivity index (χ3v) is 5.98. The van der Waals surface area contributed by atoms with E-state index in [1.807, 2.05) is 13.0 Å². The molecule has 6 nitrogen and oxygen atoms in total. The molecular weight excluding hydrogens is 342 g/mol. The third-order valence-electron chi connectivity index (χ3n) is 4.07. The van der Waals surface area contributed by atoms with Crippen LogP contribution in [0.2, 0.25) is 0 Å². The number of anilines is 1. The van der Waals surface area contributed by atoms with Crippen LogP contribution in [-0.2, 0) is 19.6 Å². The van der Waals surface area contributed by atoms with Gasteiger partial charge >= 0.3 is 5.97 Å². The first kappa shape index (κ1) is 17.3. The van der Waals surface area contributed by atoms with Gasteiger partial charge in [0.15, 0.2) is 0 Å². The second-order valence-corrected chi connectivity index (χ2v) is 7.35. The fourth-order valence-electron chi connectivity index (χ4n) is 3.01. The van der Waals surface area contributed by atoms with Crippen molar-refractivity contribution in [3.8, 4) is 5.75 Å². The highest BCUT2D eigenvalue weighted by atomic mass is 32.2. The molecule has 1 atom stereocenters. The topological polar surface area (TPSA) is 72.9 Å². The van der Waals surface area contributed by atoms with Crippen LogP contribution in [0.4, 0.5) is 5.69 Å². The summed E-state index contributed by atoms with van der Waals surface area (Å²) in [6.07, 6.45) is -0.0762. The number of fused-ring (bicyclic) bond motifs is 1. The number of para-hydroxylation sites is 1. The fourth-order valence-corrected chi connectivity index (χ4v) is 4.87. The lowest BCUT2D eigenvalue weighted by Crippen LogP contribution is -2.29. The standard InChI is InChI=1S/C18H19NO5S/c1-3-24-14-9-10-17-15(11-14)16(12-18(20)23-2)19(25(17,21)22)13-7-5-4-6-8-13/h4-11,16H,3,12H2,1-2H3. The summed E-state index contributed by atoms with van der Waals surface area (Å²) in [7, 11) is -2.48. The summed E-state index contributed by atoms with van der Waals surface area (Å²) in [5.41, 5.74) is 1.05. The zero-order valence-corrected chi connectivity index (χ0v) is 14.8. The highest BCUT2D eigenvalue weighted by Gasteiger charge is 2.44. The molecule has 25 heavy (non-hydrogen) atoms. The quantitative estimate of drug-likeness (QED) is 0.766. The van der Waals surface area contributed by atoms with Crippen molar-refractivity contribution in [3.63, 3.8) is 0 Å². The smallest absolute Gasteiger partial charge is 0.307 e. The van der Waals surface area contributed by atoms with Crippen molar-refractivity contribution in [2.24, 2.45) is 0 Å². The molecule has 1 aliphatic heterocycles. The molecule has 0 fully saturated rings. The second-order valence-electron chi connectivity index (χ2n) is 5.57. The molecule has 0 aliphatic carbocycles. The van der Waals surface area contributed by atoms with Crippen LogP contribution < -0.4 is 9.04 Å². The van der Waals surface area contributed by atoms with Gasteiger partial charge in [0, 0.05) is 5.56 Å². The highest BCUT2D eigenvalue weighted by molar-refractivity contribution is 7.93. The molecule has 0 amide bonds. The maximum atomic E-state index is 13.1. The molecule has 0 aromatic heterocycles. The number of esters is 1. The Labute approximate surface area is 147 Å². The van der Waals surface area contributed by atoms with E-state index in [9.17, 15) is 13.2 Å². The normalized spacial score (nSPS) is 17.8. The molecule has 1 unspecified atom stereocenters. The number of carbonyl (C=O) groups excluding carboxylic acids is 1. The fraction of sp³-hybridized carbons (Fsp3) is 0.278. The van der Waals surface area contributed by atoms with Gasteiger partial charge in [0.25, 0.3) is 10.0 Å². The molecule has 2 aromatic carbocycles. The number of sulfonamides is 1. The molecule has 0 radical (unpaired) electrons. The van der Waals surface area contributed by atoms with E-state index in [4.69, 9.17) is 9.47 Å². The number of nitrogens with zero attached hydrogens (tertiary/aromatic N) is 1. The monoisotopic (exact) mass is 361 g/mol. The Hall–Kier alpha value is -2.54. The molecule has 132 valence electrons. The molecule has 0 saturated carbocycles. The van der Waals surface area contributed by atoms with Crippen molar-refractivity contribution < 1.29 is 22.7 Å². The lowest BCUT2D eigenvalue weighted by Gasteiger charge is -2.25. The van der Waals surface area contributed by atoms with Crippen molar-refractivity contribution in [1.29, 1.82) is 0 Å². The van der Waals surface area contributed by atoms with Crippen molar-refractivity contribution in [1.82, 2.24) is 0 Å². The summed E-state index contributed by atoms with van der Waals surface area (Å²) in [6.45, 7) is 2.32. The minimum atomic E-state index is -3.76. The lowest BCUT2D eigenvalue weighted by molar-refractivity contribution is -0.141. The van der Waals surface area contributed by atoms with E-state index in [1.54, 1.807) is 36.4 Å². The molecule has 1 aliphatic rings. The van der Waals surface area contributed by atoms with Gasteiger partial charge in [-0.05, 0) is 37.3 Å². The summed E-state index contributed by atoms with van der Waals surface area (Å²) in [5.74, 6) is 0.0945. The summed E-state index contributed by atoms with van der Waals surface area (Å²) >= 11 is 0. The molecule has 2 aromatic rings. The predicted octanol–water partition coefficient (Wildman–Crippen LogP) is 2.90.